The van der Waals surface area contributed by atoms with Crippen molar-refractivity contribution < 1.29 is 23.1 Å². The lowest BCUT2D eigenvalue weighted by Gasteiger charge is -2.17. The fourth-order valence-electron chi connectivity index (χ4n) is 1.70. The highest BCUT2D eigenvalue weighted by Gasteiger charge is 2.20. The van der Waals surface area contributed by atoms with Gasteiger partial charge in [-0.3, -0.25) is 4.79 Å². The van der Waals surface area contributed by atoms with Crippen LogP contribution in [0.3, 0.4) is 0 Å². The van der Waals surface area contributed by atoms with E-state index < -0.39 is 16.1 Å². The van der Waals surface area contributed by atoms with Gasteiger partial charge in [-0.1, -0.05) is 12.1 Å². The Balaban J connectivity index is 2.97. The van der Waals surface area contributed by atoms with Crippen LogP contribution in [0, 0.1) is 0 Å². The van der Waals surface area contributed by atoms with E-state index in [1.807, 2.05) is 0 Å². The molecular weight excluding hydrogens is 282 g/mol. The quantitative estimate of drug-likeness (QED) is 0.685. The number of rotatable bonds is 8. The highest BCUT2D eigenvalue weighted by atomic mass is 32.2. The summed E-state index contributed by atoms with van der Waals surface area (Å²) in [6, 6.07) is 5.30. The van der Waals surface area contributed by atoms with Crippen molar-refractivity contribution in [1.29, 1.82) is 0 Å². The third-order valence-electron chi connectivity index (χ3n) is 2.72. The second-order valence-electron chi connectivity index (χ2n) is 4.37. The molecule has 1 rings (SSSR count). The molecule has 0 aliphatic rings. The number of nitrogens with one attached hydrogen (secondary N) is 1. The molecule has 0 heterocycles. The molecular formula is C13H19NO5S. The molecule has 0 aliphatic heterocycles. The number of aliphatic hydroxyl groups is 1. The Bertz CT molecular complexity index is 550. The fourth-order valence-corrected chi connectivity index (χ4v) is 3.00. The first-order chi connectivity index (χ1) is 9.40. The van der Waals surface area contributed by atoms with E-state index in [1.54, 1.807) is 6.07 Å². The summed E-state index contributed by atoms with van der Waals surface area (Å²) in [6.45, 7) is 1.38. The third-order valence-corrected chi connectivity index (χ3v) is 4.24. The summed E-state index contributed by atoms with van der Waals surface area (Å²) in [7, 11) is -2.30. The fraction of sp³-hybridized carbons (Fsp3) is 0.462. The van der Waals surface area contributed by atoms with E-state index in [0.717, 1.165) is 0 Å². The molecule has 0 aromatic heterocycles. The van der Waals surface area contributed by atoms with Crippen LogP contribution in [-0.4, -0.2) is 45.7 Å². The first-order valence-corrected chi connectivity index (χ1v) is 7.62. The Labute approximate surface area is 118 Å². The van der Waals surface area contributed by atoms with Gasteiger partial charge >= 0.3 is 0 Å². The Hall–Kier alpha value is -1.28. The predicted molar refractivity (Wildman–Crippen MR) is 74.1 cm³/mol. The molecule has 0 fully saturated rings. The van der Waals surface area contributed by atoms with Crippen molar-refractivity contribution in [2.45, 2.75) is 24.3 Å². The molecule has 0 aliphatic carbocycles. The summed E-state index contributed by atoms with van der Waals surface area (Å²) in [5, 5.41) is 8.91. The topological polar surface area (TPSA) is 92.7 Å². The zero-order valence-electron chi connectivity index (χ0n) is 11.5. The summed E-state index contributed by atoms with van der Waals surface area (Å²) >= 11 is 0. The number of aliphatic hydroxyl groups excluding tert-OH is 1. The van der Waals surface area contributed by atoms with Gasteiger partial charge in [0.1, 0.15) is 0 Å². The summed E-state index contributed by atoms with van der Waals surface area (Å²) in [5.41, 5.74) is 0.332. The second-order valence-corrected chi connectivity index (χ2v) is 6.08. The minimum atomic E-state index is -3.75. The van der Waals surface area contributed by atoms with Gasteiger partial charge in [0.15, 0.2) is 5.78 Å². The first-order valence-electron chi connectivity index (χ1n) is 6.14. The van der Waals surface area contributed by atoms with E-state index >= 15 is 0 Å². The van der Waals surface area contributed by atoms with Crippen molar-refractivity contribution >= 4 is 15.8 Å². The molecule has 6 nitrogen and oxygen atoms in total. The van der Waals surface area contributed by atoms with Gasteiger partial charge in [-0.15, -0.1) is 0 Å². The minimum Gasteiger partial charge on any atom is -0.396 e. The number of hydrogen-bond donors (Lipinski definition) is 2. The van der Waals surface area contributed by atoms with Crippen molar-refractivity contribution in [1.82, 2.24) is 4.72 Å². The largest absolute Gasteiger partial charge is 0.396 e. The minimum absolute atomic E-state index is 0.0178. The van der Waals surface area contributed by atoms with Gasteiger partial charge in [-0.2, -0.15) is 0 Å². The van der Waals surface area contributed by atoms with Gasteiger partial charge in [-0.05, 0) is 25.5 Å². The molecule has 0 saturated heterocycles. The summed E-state index contributed by atoms with van der Waals surface area (Å²) in [4.78, 5) is 11.3. The van der Waals surface area contributed by atoms with Crippen molar-refractivity contribution in [3.63, 3.8) is 0 Å². The number of hydrogen-bond acceptors (Lipinski definition) is 5. The maximum atomic E-state index is 12.2. The van der Waals surface area contributed by atoms with Gasteiger partial charge in [0.2, 0.25) is 10.0 Å². The molecule has 0 amide bonds. The maximum absolute atomic E-state index is 12.2. The van der Waals surface area contributed by atoms with E-state index in [9.17, 15) is 13.2 Å². The highest BCUT2D eigenvalue weighted by Crippen LogP contribution is 2.13. The van der Waals surface area contributed by atoms with Gasteiger partial charge in [0.25, 0.3) is 0 Å². The number of carbonyl (C=O) groups is 1. The van der Waals surface area contributed by atoms with Gasteiger partial charge in [-0.25, -0.2) is 13.1 Å². The number of sulfonamides is 1. The molecule has 1 aromatic rings. The lowest BCUT2D eigenvalue weighted by molar-refractivity contribution is 0.101. The number of ether oxygens (including phenoxy) is 1. The zero-order valence-corrected chi connectivity index (χ0v) is 12.3. The average molecular weight is 301 g/mol. The van der Waals surface area contributed by atoms with Crippen LogP contribution in [0.5, 0.6) is 0 Å². The monoisotopic (exact) mass is 301 g/mol. The van der Waals surface area contributed by atoms with Crippen LogP contribution in [0.1, 0.15) is 23.7 Å². The average Bonchev–Trinajstić information content (AvgIpc) is 2.39. The van der Waals surface area contributed by atoms with Crippen molar-refractivity contribution in [3.05, 3.63) is 29.8 Å². The number of carbonyl (C=O) groups excluding carboxylic acids is 1. The maximum Gasteiger partial charge on any atom is 0.240 e. The smallest absolute Gasteiger partial charge is 0.240 e. The van der Waals surface area contributed by atoms with E-state index in [-0.39, 0.29) is 30.3 Å². The molecule has 0 saturated carbocycles. The molecule has 7 heteroatoms. The van der Waals surface area contributed by atoms with Crippen LogP contribution in [0.4, 0.5) is 0 Å². The van der Waals surface area contributed by atoms with Crippen molar-refractivity contribution in [3.8, 4) is 0 Å². The van der Waals surface area contributed by atoms with Crippen LogP contribution >= 0.6 is 0 Å². The number of Topliss-reactive ketones (excluding diaryl/α,β-unsaturated/α-hetero) is 1. The Morgan fingerprint density at radius 1 is 1.45 bits per heavy atom. The molecule has 0 radical (unpaired) electrons. The number of ketones is 1. The summed E-state index contributed by atoms with van der Waals surface area (Å²) in [5.74, 6) is -0.203. The molecule has 2 N–H and O–H groups in total. The van der Waals surface area contributed by atoms with E-state index in [2.05, 4.69) is 4.72 Å². The van der Waals surface area contributed by atoms with Crippen LogP contribution in [0.25, 0.3) is 0 Å². The lowest BCUT2D eigenvalue weighted by atomic mass is 10.2. The molecule has 112 valence electrons. The lowest BCUT2D eigenvalue weighted by Crippen LogP contribution is -2.38. The Morgan fingerprint density at radius 3 is 2.70 bits per heavy atom. The van der Waals surface area contributed by atoms with Crippen molar-refractivity contribution in [2.75, 3.05) is 20.3 Å². The third kappa shape index (κ3) is 4.68. The Kier molecular flexibility index (Phi) is 6.28. The van der Waals surface area contributed by atoms with Crippen molar-refractivity contribution in [2.24, 2.45) is 0 Å². The normalized spacial score (nSPS) is 13.2. The molecule has 0 bridgehead atoms. The van der Waals surface area contributed by atoms with E-state index in [1.165, 1.54) is 32.2 Å². The van der Waals surface area contributed by atoms with Crippen LogP contribution in [0.2, 0.25) is 0 Å². The number of benzene rings is 1. The first kappa shape index (κ1) is 16.8. The van der Waals surface area contributed by atoms with E-state index in [0.29, 0.717) is 5.56 Å². The predicted octanol–water partition coefficient (Wildman–Crippen LogP) is 0.565. The SMILES string of the molecule is COCC(CCO)NS(=O)(=O)c1cccc(C(C)=O)c1. The van der Waals surface area contributed by atoms with Gasteiger partial charge in [0.05, 0.1) is 11.5 Å². The summed E-state index contributed by atoms with van der Waals surface area (Å²) in [6.07, 6.45) is 0.249. The molecule has 1 atom stereocenters. The second kappa shape index (κ2) is 7.49. The van der Waals surface area contributed by atoms with Crippen LogP contribution in [-0.2, 0) is 14.8 Å². The molecule has 1 aromatic carbocycles. The highest BCUT2D eigenvalue weighted by molar-refractivity contribution is 7.89. The zero-order chi connectivity index (χ0) is 15.2. The van der Waals surface area contributed by atoms with E-state index in [4.69, 9.17) is 9.84 Å². The van der Waals surface area contributed by atoms with Gasteiger partial charge < -0.3 is 9.84 Å². The Morgan fingerprint density at radius 2 is 2.15 bits per heavy atom. The molecule has 20 heavy (non-hydrogen) atoms. The van der Waals surface area contributed by atoms with Gasteiger partial charge in [0, 0.05) is 25.3 Å². The number of methoxy groups -OCH3 is 1. The summed E-state index contributed by atoms with van der Waals surface area (Å²) < 4.78 is 31.8. The van der Waals surface area contributed by atoms with Crippen LogP contribution in [0.15, 0.2) is 29.2 Å². The molecule has 1 unspecified atom stereocenters. The molecule has 0 spiro atoms. The standard InChI is InChI=1S/C13H19NO5S/c1-10(16)11-4-3-5-13(8-11)20(17,18)14-12(6-7-15)9-19-2/h3-5,8,12,14-15H,6-7,9H2,1-2H3. The van der Waals surface area contributed by atoms with Crippen LogP contribution < -0.4 is 4.72 Å².